The molecule has 1 aromatic rings. The van der Waals surface area contributed by atoms with E-state index in [4.69, 9.17) is 16.3 Å². The summed E-state index contributed by atoms with van der Waals surface area (Å²) in [7, 11) is 4.03. The first kappa shape index (κ1) is 16.7. The zero-order valence-corrected chi connectivity index (χ0v) is 14.2. The number of aromatic nitrogens is 2. The molecule has 2 heterocycles. The van der Waals surface area contributed by atoms with Crippen molar-refractivity contribution in [1.29, 1.82) is 0 Å². The van der Waals surface area contributed by atoms with Crippen molar-refractivity contribution in [3.63, 3.8) is 0 Å². The largest absolute Gasteiger partial charge is 0.383 e. The lowest BCUT2D eigenvalue weighted by Crippen LogP contribution is -2.46. The summed E-state index contributed by atoms with van der Waals surface area (Å²) in [5, 5.41) is 16.1. The summed E-state index contributed by atoms with van der Waals surface area (Å²) in [4.78, 5) is 2.09. The van der Waals surface area contributed by atoms with Gasteiger partial charge in [-0.25, -0.2) is 0 Å². The van der Waals surface area contributed by atoms with E-state index in [0.29, 0.717) is 31.0 Å². The number of halogens is 1. The van der Waals surface area contributed by atoms with Crippen LogP contribution in [-0.2, 0) is 16.9 Å². The molecule has 0 aliphatic carbocycles. The molecule has 0 bridgehead atoms. The van der Waals surface area contributed by atoms with Gasteiger partial charge < -0.3 is 14.7 Å². The molecule has 0 aromatic carbocycles. The predicted molar refractivity (Wildman–Crippen MR) is 83.6 cm³/mol. The minimum Gasteiger partial charge on any atom is -0.383 e. The summed E-state index contributed by atoms with van der Waals surface area (Å²) in [6, 6.07) is 0. The number of ether oxygens (including phenoxy) is 1. The van der Waals surface area contributed by atoms with Crippen LogP contribution < -0.4 is 0 Å². The molecule has 120 valence electrons. The quantitative estimate of drug-likeness (QED) is 0.905. The van der Waals surface area contributed by atoms with Crippen LogP contribution in [0, 0.1) is 0 Å². The third-order valence-electron chi connectivity index (χ3n) is 4.38. The smallest absolute Gasteiger partial charge is 0.113 e. The van der Waals surface area contributed by atoms with E-state index >= 15 is 0 Å². The monoisotopic (exact) mass is 315 g/mol. The van der Waals surface area contributed by atoms with Crippen molar-refractivity contribution in [3.8, 4) is 0 Å². The molecule has 6 heteroatoms. The van der Waals surface area contributed by atoms with Gasteiger partial charge in [0.2, 0.25) is 0 Å². The van der Waals surface area contributed by atoms with E-state index in [0.717, 1.165) is 18.7 Å². The molecule has 2 rings (SSSR count). The molecular weight excluding hydrogens is 290 g/mol. The van der Waals surface area contributed by atoms with Gasteiger partial charge in [0.15, 0.2) is 0 Å². The highest BCUT2D eigenvalue weighted by Gasteiger charge is 2.45. The fourth-order valence-electron chi connectivity index (χ4n) is 2.94. The number of nitrogens with zero attached hydrogens (tertiary/aromatic N) is 3. The van der Waals surface area contributed by atoms with Gasteiger partial charge in [0.25, 0.3) is 0 Å². The average Bonchev–Trinajstić information content (AvgIpc) is 2.78. The molecule has 1 fully saturated rings. The Kier molecular flexibility index (Phi) is 4.98. The van der Waals surface area contributed by atoms with Crippen LogP contribution in [0.3, 0.4) is 0 Å². The standard InChI is InChI=1S/C15H26ClN3O2/c1-5-14(2)11-15(20,6-9-21-14)13-12(16)10-17-19(13)8-7-18(3)4/h10,20H,5-9,11H2,1-4H3. The topological polar surface area (TPSA) is 50.5 Å². The molecular formula is C15H26ClN3O2. The predicted octanol–water partition coefficient (Wildman–Crippen LogP) is 2.26. The zero-order chi connectivity index (χ0) is 15.7. The molecule has 2 atom stereocenters. The van der Waals surface area contributed by atoms with Crippen molar-refractivity contribution in [2.75, 3.05) is 27.2 Å². The molecule has 0 spiro atoms. The van der Waals surface area contributed by atoms with Crippen LogP contribution >= 0.6 is 11.6 Å². The van der Waals surface area contributed by atoms with Crippen LogP contribution in [0.5, 0.6) is 0 Å². The van der Waals surface area contributed by atoms with Gasteiger partial charge in [0, 0.05) is 19.4 Å². The van der Waals surface area contributed by atoms with Crippen LogP contribution in [0.4, 0.5) is 0 Å². The Balaban J connectivity index is 2.29. The van der Waals surface area contributed by atoms with Crippen molar-refractivity contribution in [2.45, 2.75) is 50.9 Å². The van der Waals surface area contributed by atoms with Crippen molar-refractivity contribution in [2.24, 2.45) is 0 Å². The first-order valence-corrected chi connectivity index (χ1v) is 7.90. The molecule has 0 amide bonds. The third kappa shape index (κ3) is 3.59. The van der Waals surface area contributed by atoms with Gasteiger partial charge in [-0.15, -0.1) is 0 Å². The van der Waals surface area contributed by atoms with Gasteiger partial charge >= 0.3 is 0 Å². The Hall–Kier alpha value is -0.620. The fraction of sp³-hybridized carbons (Fsp3) is 0.800. The Morgan fingerprint density at radius 3 is 2.86 bits per heavy atom. The molecule has 1 saturated heterocycles. The second-order valence-corrected chi connectivity index (χ2v) is 6.89. The Bertz CT molecular complexity index is 491. The van der Waals surface area contributed by atoms with Gasteiger partial charge in [0.05, 0.1) is 35.7 Å². The normalized spacial score (nSPS) is 30.0. The van der Waals surface area contributed by atoms with E-state index in [1.54, 1.807) is 6.20 Å². The van der Waals surface area contributed by atoms with Crippen LogP contribution in [0.25, 0.3) is 0 Å². The van der Waals surface area contributed by atoms with E-state index < -0.39 is 5.60 Å². The lowest BCUT2D eigenvalue weighted by atomic mass is 9.80. The summed E-state index contributed by atoms with van der Waals surface area (Å²) >= 11 is 6.32. The minimum atomic E-state index is -0.969. The molecule has 5 nitrogen and oxygen atoms in total. The summed E-state index contributed by atoms with van der Waals surface area (Å²) in [5.74, 6) is 0. The second kappa shape index (κ2) is 6.24. The lowest BCUT2D eigenvalue weighted by Gasteiger charge is -2.43. The van der Waals surface area contributed by atoms with Gasteiger partial charge in [-0.05, 0) is 27.4 Å². The van der Waals surface area contributed by atoms with E-state index in [-0.39, 0.29) is 5.60 Å². The van der Waals surface area contributed by atoms with Gasteiger partial charge in [-0.3, -0.25) is 4.68 Å². The Morgan fingerprint density at radius 2 is 2.24 bits per heavy atom. The Labute approximate surface area is 131 Å². The molecule has 1 aromatic heterocycles. The number of rotatable bonds is 5. The first-order chi connectivity index (χ1) is 9.80. The maximum absolute atomic E-state index is 11.2. The van der Waals surface area contributed by atoms with E-state index in [2.05, 4.69) is 16.9 Å². The first-order valence-electron chi connectivity index (χ1n) is 7.52. The van der Waals surface area contributed by atoms with Gasteiger partial charge in [-0.1, -0.05) is 18.5 Å². The molecule has 2 unspecified atom stereocenters. The highest BCUT2D eigenvalue weighted by molar-refractivity contribution is 6.31. The minimum absolute atomic E-state index is 0.313. The maximum atomic E-state index is 11.2. The molecule has 1 aliphatic rings. The van der Waals surface area contributed by atoms with Gasteiger partial charge in [-0.2, -0.15) is 5.10 Å². The van der Waals surface area contributed by atoms with Crippen molar-refractivity contribution in [1.82, 2.24) is 14.7 Å². The fourth-order valence-corrected chi connectivity index (χ4v) is 3.26. The summed E-state index contributed by atoms with van der Waals surface area (Å²) in [6.07, 6.45) is 3.59. The summed E-state index contributed by atoms with van der Waals surface area (Å²) in [5.41, 5.74) is -0.551. The third-order valence-corrected chi connectivity index (χ3v) is 4.65. The molecule has 0 saturated carbocycles. The Morgan fingerprint density at radius 1 is 1.52 bits per heavy atom. The maximum Gasteiger partial charge on any atom is 0.113 e. The molecule has 21 heavy (non-hydrogen) atoms. The van der Waals surface area contributed by atoms with Crippen molar-refractivity contribution < 1.29 is 9.84 Å². The molecule has 0 radical (unpaired) electrons. The van der Waals surface area contributed by atoms with Crippen LogP contribution in [0.15, 0.2) is 6.20 Å². The van der Waals surface area contributed by atoms with Crippen LogP contribution in [0.2, 0.25) is 5.02 Å². The molecule has 1 aliphatic heterocycles. The van der Waals surface area contributed by atoms with Crippen LogP contribution in [0.1, 0.15) is 38.8 Å². The lowest BCUT2D eigenvalue weighted by molar-refractivity contribution is -0.160. The number of aliphatic hydroxyl groups is 1. The second-order valence-electron chi connectivity index (χ2n) is 6.48. The zero-order valence-electron chi connectivity index (χ0n) is 13.4. The number of likely N-dealkylation sites (N-methyl/N-ethyl adjacent to an activating group) is 1. The van der Waals surface area contributed by atoms with Crippen LogP contribution in [-0.4, -0.2) is 52.6 Å². The van der Waals surface area contributed by atoms with Crippen molar-refractivity contribution >= 4 is 11.6 Å². The SMILES string of the molecule is CCC1(C)CC(O)(c2c(Cl)cnn2CCN(C)C)CCO1. The number of hydrogen-bond donors (Lipinski definition) is 1. The van der Waals surface area contributed by atoms with Crippen molar-refractivity contribution in [3.05, 3.63) is 16.9 Å². The van der Waals surface area contributed by atoms with Gasteiger partial charge in [0.1, 0.15) is 5.60 Å². The number of hydrogen-bond acceptors (Lipinski definition) is 4. The highest BCUT2D eigenvalue weighted by Crippen LogP contribution is 2.43. The average molecular weight is 316 g/mol. The summed E-state index contributed by atoms with van der Waals surface area (Å²) in [6.45, 7) is 6.22. The molecule has 1 N–H and O–H groups in total. The highest BCUT2D eigenvalue weighted by atomic mass is 35.5. The van der Waals surface area contributed by atoms with E-state index in [1.807, 2.05) is 25.7 Å². The summed E-state index contributed by atoms with van der Waals surface area (Å²) < 4.78 is 7.68. The van der Waals surface area contributed by atoms with E-state index in [9.17, 15) is 5.11 Å². The van der Waals surface area contributed by atoms with E-state index in [1.165, 1.54) is 0 Å².